The molecule has 2 heterocycles. The fourth-order valence-corrected chi connectivity index (χ4v) is 2.50. The van der Waals surface area contributed by atoms with Crippen molar-refractivity contribution in [3.8, 4) is 0 Å². The van der Waals surface area contributed by atoms with Gasteiger partial charge in [-0.25, -0.2) is 0 Å². The Labute approximate surface area is 116 Å². The third-order valence-corrected chi connectivity index (χ3v) is 3.58. The van der Waals surface area contributed by atoms with Crippen LogP contribution in [0.2, 0.25) is 0 Å². The Balaban J connectivity index is 1.91. The topological polar surface area (TPSA) is 37.4 Å². The molecule has 0 aliphatic carbocycles. The lowest BCUT2D eigenvalue weighted by molar-refractivity contribution is 0.0576. The molecule has 0 aromatic carbocycles. The fraction of sp³-hybridized carbons (Fsp3) is 0.667. The van der Waals surface area contributed by atoms with E-state index in [2.05, 4.69) is 41.3 Å². The van der Waals surface area contributed by atoms with Gasteiger partial charge in [-0.2, -0.15) is 0 Å². The zero-order chi connectivity index (χ0) is 13.5. The van der Waals surface area contributed by atoms with Crippen LogP contribution < -0.4 is 10.2 Å². The van der Waals surface area contributed by atoms with Gasteiger partial charge < -0.3 is 15.0 Å². The van der Waals surface area contributed by atoms with Crippen molar-refractivity contribution in [2.24, 2.45) is 5.92 Å². The first-order valence-electron chi connectivity index (χ1n) is 7.24. The molecule has 1 fully saturated rings. The summed E-state index contributed by atoms with van der Waals surface area (Å²) in [6, 6.07) is 4.26. The van der Waals surface area contributed by atoms with E-state index < -0.39 is 0 Å². The average Bonchev–Trinajstić information content (AvgIpc) is 2.46. The third kappa shape index (κ3) is 4.48. The maximum absolute atomic E-state index is 5.55. The molecule has 106 valence electrons. The zero-order valence-corrected chi connectivity index (χ0v) is 12.1. The first-order valence-corrected chi connectivity index (χ1v) is 7.24. The number of anilines is 1. The molecular weight excluding hydrogens is 238 g/mol. The summed E-state index contributed by atoms with van der Waals surface area (Å²) in [6.45, 7) is 6.82. The number of pyridine rings is 1. The van der Waals surface area contributed by atoms with Gasteiger partial charge in [0, 0.05) is 38.6 Å². The molecule has 1 aliphatic rings. The highest BCUT2D eigenvalue weighted by Crippen LogP contribution is 2.19. The molecule has 1 aliphatic heterocycles. The highest BCUT2D eigenvalue weighted by atomic mass is 16.5. The second-order valence-corrected chi connectivity index (χ2v) is 5.25. The van der Waals surface area contributed by atoms with Crippen LogP contribution >= 0.6 is 0 Å². The monoisotopic (exact) mass is 263 g/mol. The van der Waals surface area contributed by atoms with Crippen molar-refractivity contribution in [2.75, 3.05) is 38.3 Å². The molecule has 1 unspecified atom stereocenters. The predicted octanol–water partition coefficient (Wildman–Crippen LogP) is 2.05. The molecule has 1 atom stereocenters. The maximum Gasteiger partial charge on any atom is 0.0562 e. The van der Waals surface area contributed by atoms with Crippen molar-refractivity contribution in [1.82, 2.24) is 10.3 Å². The van der Waals surface area contributed by atoms with Gasteiger partial charge in [0.15, 0.2) is 0 Å². The van der Waals surface area contributed by atoms with E-state index in [-0.39, 0.29) is 0 Å². The molecule has 1 aromatic rings. The summed E-state index contributed by atoms with van der Waals surface area (Å²) in [4.78, 5) is 6.71. The smallest absolute Gasteiger partial charge is 0.0562 e. The average molecular weight is 263 g/mol. The van der Waals surface area contributed by atoms with Gasteiger partial charge >= 0.3 is 0 Å². The Bertz CT molecular complexity index is 377. The molecule has 1 aromatic heterocycles. The van der Waals surface area contributed by atoms with Crippen LogP contribution in [0.5, 0.6) is 0 Å². The second-order valence-electron chi connectivity index (χ2n) is 5.25. The number of aromatic nitrogens is 1. The van der Waals surface area contributed by atoms with Gasteiger partial charge in [-0.05, 0) is 37.4 Å². The molecule has 4 nitrogen and oxygen atoms in total. The minimum absolute atomic E-state index is 0.657. The molecule has 0 saturated carbocycles. The summed E-state index contributed by atoms with van der Waals surface area (Å²) in [6.07, 6.45) is 4.37. The van der Waals surface area contributed by atoms with Gasteiger partial charge in [0.1, 0.15) is 0 Å². The van der Waals surface area contributed by atoms with Crippen molar-refractivity contribution < 1.29 is 4.74 Å². The van der Waals surface area contributed by atoms with Gasteiger partial charge in [0.2, 0.25) is 0 Å². The van der Waals surface area contributed by atoms with Gasteiger partial charge in [0.05, 0.1) is 12.3 Å². The molecule has 19 heavy (non-hydrogen) atoms. The predicted molar refractivity (Wildman–Crippen MR) is 78.4 cm³/mol. The first kappa shape index (κ1) is 14.3. The summed E-state index contributed by atoms with van der Waals surface area (Å²) >= 11 is 0. The van der Waals surface area contributed by atoms with E-state index >= 15 is 0 Å². The molecule has 2 rings (SSSR count). The Kier molecular flexibility index (Phi) is 5.61. The Morgan fingerprint density at radius 1 is 1.53 bits per heavy atom. The van der Waals surface area contributed by atoms with Gasteiger partial charge in [-0.15, -0.1) is 0 Å². The lowest BCUT2D eigenvalue weighted by Crippen LogP contribution is -2.31. The number of nitrogens with zero attached hydrogens (tertiary/aromatic N) is 2. The van der Waals surface area contributed by atoms with Crippen molar-refractivity contribution in [3.63, 3.8) is 0 Å². The quantitative estimate of drug-likeness (QED) is 0.852. The van der Waals surface area contributed by atoms with E-state index in [1.165, 1.54) is 18.5 Å². The maximum atomic E-state index is 5.55. The number of hydrogen-bond donors (Lipinski definition) is 1. The van der Waals surface area contributed by atoms with E-state index in [4.69, 9.17) is 4.74 Å². The van der Waals surface area contributed by atoms with Crippen molar-refractivity contribution >= 4 is 5.69 Å². The summed E-state index contributed by atoms with van der Waals surface area (Å²) in [5.74, 6) is 0.657. The minimum Gasteiger partial charge on any atom is -0.381 e. The van der Waals surface area contributed by atoms with E-state index in [1.807, 2.05) is 6.20 Å². The van der Waals surface area contributed by atoms with Crippen LogP contribution in [-0.2, 0) is 11.3 Å². The molecular formula is C15H25N3O. The van der Waals surface area contributed by atoms with Crippen LogP contribution in [0.1, 0.15) is 25.5 Å². The summed E-state index contributed by atoms with van der Waals surface area (Å²) in [7, 11) is 2.15. The van der Waals surface area contributed by atoms with E-state index in [0.717, 1.165) is 38.5 Å². The molecule has 0 spiro atoms. The molecule has 0 radical (unpaired) electrons. The molecule has 1 N–H and O–H groups in total. The largest absolute Gasteiger partial charge is 0.381 e. The van der Waals surface area contributed by atoms with Crippen LogP contribution in [0.4, 0.5) is 5.69 Å². The number of rotatable bonds is 6. The minimum atomic E-state index is 0.657. The molecule has 0 bridgehead atoms. The Morgan fingerprint density at radius 3 is 3.16 bits per heavy atom. The first-order chi connectivity index (χ1) is 9.29. The van der Waals surface area contributed by atoms with Crippen LogP contribution in [0.25, 0.3) is 0 Å². The standard InChI is InChI=1S/C15H25N3O/c1-3-16-10-14-9-15(6-7-17-14)18(2)11-13-5-4-8-19-12-13/h6-7,9,13,16H,3-5,8,10-12H2,1-2H3. The van der Waals surface area contributed by atoms with Crippen molar-refractivity contribution in [1.29, 1.82) is 0 Å². The lowest BCUT2D eigenvalue weighted by atomic mass is 10.0. The van der Waals surface area contributed by atoms with Crippen molar-refractivity contribution in [3.05, 3.63) is 24.0 Å². The molecule has 4 heteroatoms. The number of ether oxygens (including phenoxy) is 1. The molecule has 0 amide bonds. The van der Waals surface area contributed by atoms with Crippen LogP contribution in [0.15, 0.2) is 18.3 Å². The van der Waals surface area contributed by atoms with E-state index in [1.54, 1.807) is 0 Å². The summed E-state index contributed by atoms with van der Waals surface area (Å²) < 4.78 is 5.55. The Morgan fingerprint density at radius 2 is 2.42 bits per heavy atom. The summed E-state index contributed by atoms with van der Waals surface area (Å²) in [5.41, 5.74) is 2.35. The summed E-state index contributed by atoms with van der Waals surface area (Å²) in [5, 5.41) is 3.31. The van der Waals surface area contributed by atoms with E-state index in [0.29, 0.717) is 5.92 Å². The highest BCUT2D eigenvalue weighted by molar-refractivity contribution is 5.45. The van der Waals surface area contributed by atoms with Crippen LogP contribution in [0.3, 0.4) is 0 Å². The fourth-order valence-electron chi connectivity index (χ4n) is 2.50. The number of hydrogen-bond acceptors (Lipinski definition) is 4. The van der Waals surface area contributed by atoms with Gasteiger partial charge in [-0.1, -0.05) is 6.92 Å². The SMILES string of the molecule is CCNCc1cc(N(C)CC2CCCOC2)ccn1. The molecule has 1 saturated heterocycles. The highest BCUT2D eigenvalue weighted by Gasteiger charge is 2.16. The van der Waals surface area contributed by atoms with Crippen molar-refractivity contribution in [2.45, 2.75) is 26.3 Å². The van der Waals surface area contributed by atoms with E-state index in [9.17, 15) is 0 Å². The number of nitrogens with one attached hydrogen (secondary N) is 1. The lowest BCUT2D eigenvalue weighted by Gasteiger charge is -2.28. The normalized spacial score (nSPS) is 19.4. The Hall–Kier alpha value is -1.13. The van der Waals surface area contributed by atoms with Crippen LogP contribution in [0, 0.1) is 5.92 Å². The zero-order valence-electron chi connectivity index (χ0n) is 12.1. The van der Waals surface area contributed by atoms with Gasteiger partial charge in [0.25, 0.3) is 0 Å². The van der Waals surface area contributed by atoms with Crippen LogP contribution in [-0.4, -0.2) is 38.3 Å². The van der Waals surface area contributed by atoms with Gasteiger partial charge in [-0.3, -0.25) is 4.98 Å². The third-order valence-electron chi connectivity index (χ3n) is 3.58. The second kappa shape index (κ2) is 7.46.